The fourth-order valence-corrected chi connectivity index (χ4v) is 4.53. The van der Waals surface area contributed by atoms with E-state index in [9.17, 15) is 0 Å². The van der Waals surface area contributed by atoms with Crippen LogP contribution in [0.15, 0.2) is 79.4 Å². The number of pyridine rings is 2. The van der Waals surface area contributed by atoms with Gasteiger partial charge in [0.25, 0.3) is 0 Å². The fourth-order valence-electron chi connectivity index (χ4n) is 4.53. The summed E-state index contributed by atoms with van der Waals surface area (Å²) >= 11 is 0. The van der Waals surface area contributed by atoms with E-state index in [1.54, 1.807) is 6.20 Å². The summed E-state index contributed by atoms with van der Waals surface area (Å²) in [6.07, 6.45) is 14.9. The van der Waals surface area contributed by atoms with Gasteiger partial charge in [-0.1, -0.05) is 44.2 Å². The molecule has 0 unspecified atom stereocenters. The lowest BCUT2D eigenvalue weighted by molar-refractivity contribution is 0.913. The van der Waals surface area contributed by atoms with Crippen molar-refractivity contribution in [2.45, 2.75) is 26.2 Å². The van der Waals surface area contributed by atoms with Gasteiger partial charge in [-0.3, -0.25) is 10.1 Å². The van der Waals surface area contributed by atoms with Gasteiger partial charge < -0.3 is 10.3 Å². The second-order valence-corrected chi connectivity index (χ2v) is 8.71. The molecule has 6 rings (SSSR count). The number of allylic oxidation sites excluding steroid dienone is 5. The SMILES string of the molecule is C=C(CCC)Nc1cncc(-c2ccc3[nH]nc(-c4nc5nccc(C6=CCC=C6)c5[nH]4)c3c2)c1. The molecule has 0 radical (unpaired) electrons. The molecule has 1 aromatic carbocycles. The van der Waals surface area contributed by atoms with Gasteiger partial charge in [-0.05, 0) is 48.2 Å². The number of nitrogens with one attached hydrogen (secondary N) is 3. The van der Waals surface area contributed by atoms with Crippen molar-refractivity contribution in [1.82, 2.24) is 30.1 Å². The normalized spacial score (nSPS) is 13.0. The number of benzene rings is 1. The molecular formula is C28H25N7. The molecule has 1 aliphatic rings. The molecule has 4 aromatic heterocycles. The lowest BCUT2D eigenvalue weighted by atomic mass is 10.0. The van der Waals surface area contributed by atoms with Crippen LogP contribution >= 0.6 is 0 Å². The standard InChI is InChI=1S/C28H25N7/c1-3-6-17(2)31-21-13-20(15-29-16-21)19-9-10-24-23(14-19)26(35-34-24)28-32-25-22(18-7-4-5-8-18)11-12-30-27(25)33-28/h4,7-16,31H,2-3,5-6H2,1H3,(H,34,35)(H,30,32,33). The van der Waals surface area contributed by atoms with E-state index < -0.39 is 0 Å². The van der Waals surface area contributed by atoms with E-state index in [0.29, 0.717) is 11.5 Å². The average Bonchev–Trinajstić information content (AvgIpc) is 3.63. The van der Waals surface area contributed by atoms with Crippen LogP contribution in [0.1, 0.15) is 31.7 Å². The number of hydrogen-bond acceptors (Lipinski definition) is 5. The first-order valence-electron chi connectivity index (χ1n) is 11.8. The van der Waals surface area contributed by atoms with Gasteiger partial charge in [0.2, 0.25) is 0 Å². The number of hydrogen-bond donors (Lipinski definition) is 3. The number of fused-ring (bicyclic) bond motifs is 2. The Kier molecular flexibility index (Phi) is 5.22. The van der Waals surface area contributed by atoms with Crippen molar-refractivity contribution >= 4 is 33.3 Å². The molecule has 0 aliphatic heterocycles. The zero-order valence-corrected chi connectivity index (χ0v) is 19.5. The van der Waals surface area contributed by atoms with Gasteiger partial charge in [-0.2, -0.15) is 5.10 Å². The predicted molar refractivity (Wildman–Crippen MR) is 142 cm³/mol. The van der Waals surface area contributed by atoms with Gasteiger partial charge in [0.15, 0.2) is 11.5 Å². The number of aromatic nitrogens is 6. The minimum absolute atomic E-state index is 0.682. The smallest absolute Gasteiger partial charge is 0.178 e. The maximum Gasteiger partial charge on any atom is 0.178 e. The number of rotatable bonds is 7. The van der Waals surface area contributed by atoms with Crippen LogP contribution in [-0.4, -0.2) is 30.1 Å². The van der Waals surface area contributed by atoms with Gasteiger partial charge >= 0.3 is 0 Å². The monoisotopic (exact) mass is 459 g/mol. The molecule has 1 aliphatic carbocycles. The zero-order valence-electron chi connectivity index (χ0n) is 19.5. The second kappa shape index (κ2) is 8.68. The molecule has 4 heterocycles. The fraction of sp³-hybridized carbons (Fsp3) is 0.143. The third kappa shape index (κ3) is 3.91. The highest BCUT2D eigenvalue weighted by Crippen LogP contribution is 2.33. The Balaban J connectivity index is 1.40. The maximum absolute atomic E-state index is 4.77. The van der Waals surface area contributed by atoms with Crippen molar-refractivity contribution in [3.05, 3.63) is 85.0 Å². The van der Waals surface area contributed by atoms with Crippen LogP contribution < -0.4 is 5.32 Å². The zero-order chi connectivity index (χ0) is 23.8. The molecule has 0 spiro atoms. The highest BCUT2D eigenvalue weighted by atomic mass is 15.1. The summed E-state index contributed by atoms with van der Waals surface area (Å²) in [6, 6.07) is 10.4. The Morgan fingerprint density at radius 3 is 2.94 bits per heavy atom. The Morgan fingerprint density at radius 1 is 1.14 bits per heavy atom. The van der Waals surface area contributed by atoms with E-state index >= 15 is 0 Å². The van der Waals surface area contributed by atoms with Crippen molar-refractivity contribution in [2.75, 3.05) is 5.32 Å². The van der Waals surface area contributed by atoms with Crippen LogP contribution in [0.4, 0.5) is 5.69 Å². The van der Waals surface area contributed by atoms with Crippen molar-refractivity contribution in [2.24, 2.45) is 0 Å². The molecule has 5 aromatic rings. The number of aromatic amines is 2. The second-order valence-electron chi connectivity index (χ2n) is 8.71. The molecule has 0 bridgehead atoms. The number of H-pyrrole nitrogens is 2. The van der Waals surface area contributed by atoms with Crippen LogP contribution in [0, 0.1) is 0 Å². The van der Waals surface area contributed by atoms with Gasteiger partial charge in [0, 0.05) is 34.6 Å². The minimum atomic E-state index is 0.682. The lowest BCUT2D eigenvalue weighted by Gasteiger charge is -2.10. The lowest BCUT2D eigenvalue weighted by Crippen LogP contribution is -1.98. The Bertz CT molecular complexity index is 1630. The third-order valence-corrected chi connectivity index (χ3v) is 6.21. The van der Waals surface area contributed by atoms with E-state index in [2.05, 4.69) is 80.4 Å². The van der Waals surface area contributed by atoms with E-state index in [0.717, 1.165) is 69.5 Å². The maximum atomic E-state index is 4.77. The molecule has 0 amide bonds. The summed E-state index contributed by atoms with van der Waals surface area (Å²) < 4.78 is 0. The average molecular weight is 460 g/mol. The number of nitrogens with zero attached hydrogens (tertiary/aromatic N) is 4. The summed E-state index contributed by atoms with van der Waals surface area (Å²) in [7, 11) is 0. The van der Waals surface area contributed by atoms with E-state index in [1.807, 2.05) is 24.5 Å². The van der Waals surface area contributed by atoms with Crippen LogP contribution in [0.3, 0.4) is 0 Å². The molecule has 0 saturated heterocycles. The van der Waals surface area contributed by atoms with Gasteiger partial charge in [-0.15, -0.1) is 0 Å². The quantitative estimate of drug-likeness (QED) is 0.254. The summed E-state index contributed by atoms with van der Waals surface area (Å²) in [5.41, 5.74) is 9.57. The van der Waals surface area contributed by atoms with Crippen LogP contribution in [-0.2, 0) is 0 Å². The van der Waals surface area contributed by atoms with Gasteiger partial charge in [-0.25, -0.2) is 9.97 Å². The molecule has 7 nitrogen and oxygen atoms in total. The van der Waals surface area contributed by atoms with Crippen molar-refractivity contribution in [1.29, 1.82) is 0 Å². The molecular weight excluding hydrogens is 434 g/mol. The predicted octanol–water partition coefficient (Wildman–Crippen LogP) is 6.63. The first kappa shape index (κ1) is 21.0. The molecule has 7 heteroatoms. The highest BCUT2D eigenvalue weighted by molar-refractivity contribution is 5.97. The highest BCUT2D eigenvalue weighted by Gasteiger charge is 2.17. The molecule has 172 valence electrons. The van der Waals surface area contributed by atoms with Crippen molar-refractivity contribution in [3.8, 4) is 22.6 Å². The van der Waals surface area contributed by atoms with E-state index in [4.69, 9.17) is 4.98 Å². The number of imidazole rings is 1. The molecule has 35 heavy (non-hydrogen) atoms. The summed E-state index contributed by atoms with van der Waals surface area (Å²) in [4.78, 5) is 17.2. The van der Waals surface area contributed by atoms with Crippen molar-refractivity contribution < 1.29 is 0 Å². The van der Waals surface area contributed by atoms with Crippen LogP contribution in [0.2, 0.25) is 0 Å². The summed E-state index contributed by atoms with van der Waals surface area (Å²) in [5.74, 6) is 0.690. The Hall–Kier alpha value is -4.52. The summed E-state index contributed by atoms with van der Waals surface area (Å²) in [5, 5.41) is 12.1. The topological polar surface area (TPSA) is 95.2 Å². The van der Waals surface area contributed by atoms with Gasteiger partial charge in [0.05, 0.1) is 22.9 Å². The molecule has 0 saturated carbocycles. The van der Waals surface area contributed by atoms with Crippen LogP contribution in [0.5, 0.6) is 0 Å². The molecule has 0 atom stereocenters. The number of anilines is 1. The van der Waals surface area contributed by atoms with Gasteiger partial charge in [0.1, 0.15) is 5.69 Å². The molecule has 0 fully saturated rings. The molecule has 3 N–H and O–H groups in total. The van der Waals surface area contributed by atoms with E-state index in [-0.39, 0.29) is 0 Å². The Morgan fingerprint density at radius 2 is 2.09 bits per heavy atom. The van der Waals surface area contributed by atoms with Crippen LogP contribution in [0.25, 0.3) is 50.3 Å². The largest absolute Gasteiger partial charge is 0.358 e. The summed E-state index contributed by atoms with van der Waals surface area (Å²) in [6.45, 7) is 6.24. The first-order valence-corrected chi connectivity index (χ1v) is 11.8. The third-order valence-electron chi connectivity index (χ3n) is 6.21. The Labute approximate surface area is 202 Å². The minimum Gasteiger partial charge on any atom is -0.358 e. The first-order chi connectivity index (χ1) is 17.2. The van der Waals surface area contributed by atoms with E-state index in [1.165, 1.54) is 5.57 Å². The van der Waals surface area contributed by atoms with Crippen molar-refractivity contribution in [3.63, 3.8) is 0 Å².